The van der Waals surface area contributed by atoms with Gasteiger partial charge in [-0.1, -0.05) is 0 Å². The molecule has 3 aromatic heterocycles. The fourth-order valence-electron chi connectivity index (χ4n) is 1.85. The maximum absolute atomic E-state index is 10.6. The second-order valence-electron chi connectivity index (χ2n) is 4.19. The van der Waals surface area contributed by atoms with Crippen LogP contribution in [0, 0.1) is 10.1 Å². The molecule has 10 nitrogen and oxygen atoms in total. The Hall–Kier alpha value is -3.04. The van der Waals surface area contributed by atoms with E-state index in [2.05, 4.69) is 20.1 Å². The van der Waals surface area contributed by atoms with Gasteiger partial charge in [0.2, 0.25) is 6.33 Å². The maximum atomic E-state index is 10.6. The molecule has 0 saturated heterocycles. The van der Waals surface area contributed by atoms with E-state index in [1.807, 2.05) is 0 Å². The van der Waals surface area contributed by atoms with Gasteiger partial charge in [-0.3, -0.25) is 4.68 Å². The van der Waals surface area contributed by atoms with E-state index in [0.29, 0.717) is 22.7 Å². The molecule has 3 aromatic rings. The Morgan fingerprint density at radius 2 is 2.25 bits per heavy atom. The highest BCUT2D eigenvalue weighted by atomic mass is 16.6. The van der Waals surface area contributed by atoms with Crippen molar-refractivity contribution < 1.29 is 4.92 Å². The number of nitrogens with zero attached hydrogens (tertiary/aromatic N) is 7. The van der Waals surface area contributed by atoms with Crippen molar-refractivity contribution >= 4 is 22.7 Å². The minimum absolute atomic E-state index is 0.223. The number of hydrogen-bond acceptors (Lipinski definition) is 7. The van der Waals surface area contributed by atoms with Gasteiger partial charge >= 0.3 is 5.82 Å². The summed E-state index contributed by atoms with van der Waals surface area (Å²) in [7, 11) is 1.75. The summed E-state index contributed by atoms with van der Waals surface area (Å²) in [4.78, 5) is 22.2. The van der Waals surface area contributed by atoms with Gasteiger partial charge in [0.25, 0.3) is 0 Å². The van der Waals surface area contributed by atoms with Crippen LogP contribution in [-0.2, 0) is 13.6 Å². The highest BCUT2D eigenvalue weighted by Crippen LogP contribution is 2.17. The van der Waals surface area contributed by atoms with E-state index in [-0.39, 0.29) is 12.4 Å². The fraction of sp³-hybridized carbons (Fsp3) is 0.200. The molecule has 0 radical (unpaired) electrons. The summed E-state index contributed by atoms with van der Waals surface area (Å²) in [6, 6.07) is 0. The lowest BCUT2D eigenvalue weighted by Crippen LogP contribution is -2.06. The Labute approximate surface area is 112 Å². The van der Waals surface area contributed by atoms with Crippen LogP contribution in [0.3, 0.4) is 0 Å². The predicted octanol–water partition coefficient (Wildman–Crippen LogP) is 0.0985. The van der Waals surface area contributed by atoms with Crippen molar-refractivity contribution in [3.05, 3.63) is 34.7 Å². The topological polar surface area (TPSA) is 131 Å². The van der Waals surface area contributed by atoms with Crippen LogP contribution in [0.4, 0.5) is 11.6 Å². The van der Waals surface area contributed by atoms with E-state index in [1.54, 1.807) is 17.9 Å². The van der Waals surface area contributed by atoms with Crippen LogP contribution in [-0.4, -0.2) is 34.2 Å². The third kappa shape index (κ3) is 1.92. The number of rotatable bonds is 3. The summed E-state index contributed by atoms with van der Waals surface area (Å²) in [6.07, 6.45) is 4.26. The van der Waals surface area contributed by atoms with Crippen molar-refractivity contribution in [2.75, 3.05) is 5.73 Å². The summed E-state index contributed by atoms with van der Waals surface area (Å²) in [5.41, 5.74) is 6.45. The average molecular weight is 274 g/mol. The Morgan fingerprint density at radius 3 is 2.95 bits per heavy atom. The van der Waals surface area contributed by atoms with Gasteiger partial charge in [0.15, 0.2) is 11.5 Å². The summed E-state index contributed by atoms with van der Waals surface area (Å²) in [6.45, 7) is 0.242. The quantitative estimate of drug-likeness (QED) is 0.529. The number of aromatic nitrogens is 6. The van der Waals surface area contributed by atoms with Gasteiger partial charge in [-0.05, 0) is 9.91 Å². The zero-order valence-corrected chi connectivity index (χ0v) is 10.5. The van der Waals surface area contributed by atoms with Gasteiger partial charge < -0.3 is 20.4 Å². The van der Waals surface area contributed by atoms with E-state index >= 15 is 0 Å². The van der Waals surface area contributed by atoms with E-state index in [4.69, 9.17) is 5.73 Å². The van der Waals surface area contributed by atoms with Crippen molar-refractivity contribution in [3.63, 3.8) is 0 Å². The minimum Gasteiger partial charge on any atom is -0.383 e. The Morgan fingerprint density at radius 1 is 1.45 bits per heavy atom. The van der Waals surface area contributed by atoms with Gasteiger partial charge in [-0.2, -0.15) is 5.10 Å². The van der Waals surface area contributed by atoms with Gasteiger partial charge in [-0.15, -0.1) is 0 Å². The average Bonchev–Trinajstić information content (AvgIpc) is 2.98. The Balaban J connectivity index is 1.97. The van der Waals surface area contributed by atoms with Crippen molar-refractivity contribution in [2.45, 2.75) is 6.54 Å². The van der Waals surface area contributed by atoms with Crippen LogP contribution in [0.25, 0.3) is 11.0 Å². The highest BCUT2D eigenvalue weighted by Gasteiger charge is 2.13. The van der Waals surface area contributed by atoms with Crippen molar-refractivity contribution in [1.29, 1.82) is 0 Å². The van der Waals surface area contributed by atoms with Crippen molar-refractivity contribution in [2.24, 2.45) is 7.05 Å². The number of nitrogen functional groups attached to an aromatic ring is 1. The molecular formula is C10H10N8O2. The molecule has 0 atom stereocenters. The molecule has 0 spiro atoms. The molecule has 0 aliphatic carbocycles. The molecule has 0 saturated carbocycles. The number of anilines is 1. The van der Waals surface area contributed by atoms with Crippen molar-refractivity contribution in [3.8, 4) is 0 Å². The normalized spacial score (nSPS) is 11.1. The van der Waals surface area contributed by atoms with Gasteiger partial charge in [0, 0.05) is 7.05 Å². The second kappa shape index (κ2) is 4.26. The third-order valence-corrected chi connectivity index (χ3v) is 2.80. The van der Waals surface area contributed by atoms with E-state index in [1.165, 1.54) is 17.1 Å². The molecule has 0 aliphatic heterocycles. The molecule has 0 unspecified atom stereocenters. The first-order valence-electron chi connectivity index (χ1n) is 5.65. The summed E-state index contributed by atoms with van der Waals surface area (Å²) < 4.78 is 3.11. The van der Waals surface area contributed by atoms with Crippen LogP contribution in [0.2, 0.25) is 0 Å². The molecule has 0 amide bonds. The van der Waals surface area contributed by atoms with Crippen LogP contribution < -0.4 is 5.73 Å². The minimum atomic E-state index is -0.559. The van der Waals surface area contributed by atoms with Gasteiger partial charge in [-0.25, -0.2) is 9.97 Å². The molecule has 20 heavy (non-hydrogen) atoms. The summed E-state index contributed by atoms with van der Waals surface area (Å²) in [5.74, 6) is 0.540. The number of fused-ring (bicyclic) bond motifs is 1. The molecule has 2 N–H and O–H groups in total. The summed E-state index contributed by atoms with van der Waals surface area (Å²) >= 11 is 0. The molecule has 3 heterocycles. The molecule has 10 heteroatoms. The van der Waals surface area contributed by atoms with Gasteiger partial charge in [0.05, 0.1) is 18.1 Å². The zero-order valence-electron chi connectivity index (χ0n) is 10.5. The van der Waals surface area contributed by atoms with E-state index < -0.39 is 4.92 Å². The monoisotopic (exact) mass is 274 g/mol. The maximum Gasteiger partial charge on any atom is 0.381 e. The Bertz CT molecular complexity index is 805. The summed E-state index contributed by atoms with van der Waals surface area (Å²) in [5, 5.41) is 15.3. The molecule has 3 rings (SSSR count). The molecular weight excluding hydrogens is 264 g/mol. The van der Waals surface area contributed by atoms with E-state index in [9.17, 15) is 10.1 Å². The molecule has 0 fully saturated rings. The molecule has 102 valence electrons. The highest BCUT2D eigenvalue weighted by molar-refractivity contribution is 5.84. The number of imidazole rings is 1. The van der Waals surface area contributed by atoms with Crippen LogP contribution in [0.15, 0.2) is 18.7 Å². The molecule has 0 aromatic carbocycles. The predicted molar refractivity (Wildman–Crippen MR) is 68.7 cm³/mol. The first kappa shape index (κ1) is 12.0. The molecule has 0 aliphatic rings. The standard InChI is InChI=1S/C10H10N8O2/c1-16-10-6(2-13-16)9(11)14-7(15-10)3-17-4-8(12-5-17)18(19)20/h2,4-5H,3H2,1H3,(H2,11,14,15). The molecule has 0 bridgehead atoms. The number of aryl methyl sites for hydroxylation is 1. The smallest absolute Gasteiger partial charge is 0.381 e. The SMILES string of the molecule is Cn1ncc2c(N)nc(Cn3cnc([N+](=O)[O-])c3)nc21. The lowest BCUT2D eigenvalue weighted by atomic mass is 10.4. The van der Waals surface area contributed by atoms with Crippen LogP contribution in [0.5, 0.6) is 0 Å². The van der Waals surface area contributed by atoms with Crippen LogP contribution in [0.1, 0.15) is 5.82 Å². The zero-order chi connectivity index (χ0) is 14.3. The first-order chi connectivity index (χ1) is 9.54. The lowest BCUT2D eigenvalue weighted by molar-refractivity contribution is -0.389. The third-order valence-electron chi connectivity index (χ3n) is 2.80. The number of nitrogens with two attached hydrogens (primary N) is 1. The van der Waals surface area contributed by atoms with Crippen LogP contribution >= 0.6 is 0 Å². The second-order valence-corrected chi connectivity index (χ2v) is 4.19. The number of hydrogen-bond donors (Lipinski definition) is 1. The first-order valence-corrected chi connectivity index (χ1v) is 5.65. The number of nitro groups is 1. The van der Waals surface area contributed by atoms with E-state index in [0.717, 1.165) is 0 Å². The lowest BCUT2D eigenvalue weighted by Gasteiger charge is -2.03. The van der Waals surface area contributed by atoms with Gasteiger partial charge in [0.1, 0.15) is 12.0 Å². The largest absolute Gasteiger partial charge is 0.383 e. The Kier molecular flexibility index (Phi) is 2.56. The fourth-order valence-corrected chi connectivity index (χ4v) is 1.85. The van der Waals surface area contributed by atoms with Crippen molar-refractivity contribution in [1.82, 2.24) is 29.3 Å².